The number of halogens is 1. The lowest BCUT2D eigenvalue weighted by Gasteiger charge is -2.17. The Morgan fingerprint density at radius 1 is 1.35 bits per heavy atom. The molecule has 1 aliphatic carbocycles. The Kier molecular flexibility index (Phi) is 5.53. The van der Waals surface area contributed by atoms with Crippen LogP contribution >= 0.6 is 0 Å². The van der Waals surface area contributed by atoms with Crippen molar-refractivity contribution in [3.05, 3.63) is 35.6 Å². The van der Waals surface area contributed by atoms with Gasteiger partial charge in [-0.3, -0.25) is 4.79 Å². The summed E-state index contributed by atoms with van der Waals surface area (Å²) in [5, 5.41) is 6.41. The van der Waals surface area contributed by atoms with Gasteiger partial charge in [0.2, 0.25) is 5.91 Å². The molecule has 1 aromatic rings. The highest BCUT2D eigenvalue weighted by Gasteiger charge is 2.22. The first-order valence-electron chi connectivity index (χ1n) is 7.47. The van der Waals surface area contributed by atoms with Gasteiger partial charge in [0.1, 0.15) is 5.82 Å². The number of nitrogens with one attached hydrogen (secondary N) is 2. The molecular formula is C16H23FN2O. The molecule has 2 N–H and O–H groups in total. The van der Waals surface area contributed by atoms with Crippen LogP contribution in [0.4, 0.5) is 4.39 Å². The summed E-state index contributed by atoms with van der Waals surface area (Å²) in [6, 6.07) is 7.28. The molecule has 1 fully saturated rings. The molecule has 1 atom stereocenters. The summed E-state index contributed by atoms with van der Waals surface area (Å²) in [4.78, 5) is 11.5. The van der Waals surface area contributed by atoms with Crippen molar-refractivity contribution < 1.29 is 9.18 Å². The molecule has 1 aromatic carbocycles. The van der Waals surface area contributed by atoms with E-state index < -0.39 is 0 Å². The maximum absolute atomic E-state index is 12.9. The van der Waals surface area contributed by atoms with Gasteiger partial charge in [-0.2, -0.15) is 0 Å². The summed E-state index contributed by atoms with van der Waals surface area (Å²) in [5.41, 5.74) is 1.09. The third-order valence-corrected chi connectivity index (χ3v) is 3.59. The van der Waals surface area contributed by atoms with Crippen molar-refractivity contribution in [2.24, 2.45) is 0 Å². The van der Waals surface area contributed by atoms with Gasteiger partial charge < -0.3 is 10.6 Å². The van der Waals surface area contributed by atoms with Crippen LogP contribution in [0.2, 0.25) is 0 Å². The maximum Gasteiger partial charge on any atom is 0.220 e. The van der Waals surface area contributed by atoms with E-state index in [1.807, 2.05) is 12.1 Å². The zero-order valence-corrected chi connectivity index (χ0v) is 12.0. The number of hydrogen-bond donors (Lipinski definition) is 2. The molecule has 1 unspecified atom stereocenters. The lowest BCUT2D eigenvalue weighted by molar-refractivity contribution is -0.121. The van der Waals surface area contributed by atoms with Crippen LogP contribution in [0, 0.1) is 5.82 Å². The molecule has 1 amide bonds. The fourth-order valence-corrected chi connectivity index (χ4v) is 2.25. The molecular weight excluding hydrogens is 255 g/mol. The Morgan fingerprint density at radius 2 is 2.05 bits per heavy atom. The summed E-state index contributed by atoms with van der Waals surface area (Å²) < 4.78 is 12.9. The van der Waals surface area contributed by atoms with E-state index in [4.69, 9.17) is 0 Å². The second-order valence-electron chi connectivity index (χ2n) is 5.41. The molecule has 1 saturated carbocycles. The molecule has 0 aliphatic heterocycles. The Morgan fingerprint density at radius 3 is 2.65 bits per heavy atom. The third-order valence-electron chi connectivity index (χ3n) is 3.59. The highest BCUT2D eigenvalue weighted by Crippen LogP contribution is 2.19. The molecule has 0 radical (unpaired) electrons. The Bertz CT molecular complexity index is 429. The number of amides is 1. The van der Waals surface area contributed by atoms with Crippen molar-refractivity contribution in [2.45, 2.75) is 51.1 Å². The summed E-state index contributed by atoms with van der Waals surface area (Å²) in [6.07, 6.45) is 4.61. The molecule has 20 heavy (non-hydrogen) atoms. The first-order chi connectivity index (χ1) is 9.69. The van der Waals surface area contributed by atoms with Gasteiger partial charge in [-0.1, -0.05) is 19.1 Å². The Labute approximate surface area is 120 Å². The molecule has 2 rings (SSSR count). The quantitative estimate of drug-likeness (QED) is 0.718. The van der Waals surface area contributed by atoms with Crippen LogP contribution < -0.4 is 10.6 Å². The standard InChI is InChI=1S/C16H23FN2O/c1-2-15(12-5-7-13(17)8-6-12)18-11-3-4-16(20)19-14-9-10-14/h5-8,14-15,18H,2-4,9-11H2,1H3,(H,19,20). The van der Waals surface area contributed by atoms with E-state index in [0.29, 0.717) is 12.5 Å². The van der Waals surface area contributed by atoms with Crippen LogP contribution in [0.5, 0.6) is 0 Å². The second kappa shape index (κ2) is 7.39. The van der Waals surface area contributed by atoms with Gasteiger partial charge in [-0.15, -0.1) is 0 Å². The predicted molar refractivity (Wildman–Crippen MR) is 77.8 cm³/mol. The fourth-order valence-electron chi connectivity index (χ4n) is 2.25. The van der Waals surface area contributed by atoms with E-state index in [9.17, 15) is 9.18 Å². The predicted octanol–water partition coefficient (Wildman–Crippen LogP) is 2.93. The van der Waals surface area contributed by atoms with Crippen LogP contribution in [-0.2, 0) is 4.79 Å². The topological polar surface area (TPSA) is 41.1 Å². The van der Waals surface area contributed by atoms with E-state index in [0.717, 1.165) is 37.8 Å². The zero-order valence-electron chi connectivity index (χ0n) is 12.0. The minimum Gasteiger partial charge on any atom is -0.353 e. The first-order valence-corrected chi connectivity index (χ1v) is 7.47. The van der Waals surface area contributed by atoms with Crippen molar-refractivity contribution in [2.75, 3.05) is 6.54 Å². The summed E-state index contributed by atoms with van der Waals surface area (Å²) in [6.45, 7) is 2.90. The molecule has 4 heteroatoms. The number of hydrogen-bond acceptors (Lipinski definition) is 2. The monoisotopic (exact) mass is 278 g/mol. The molecule has 0 aromatic heterocycles. The maximum atomic E-state index is 12.9. The molecule has 0 spiro atoms. The number of carbonyl (C=O) groups excluding carboxylic acids is 1. The highest BCUT2D eigenvalue weighted by atomic mass is 19.1. The molecule has 110 valence electrons. The van der Waals surface area contributed by atoms with Gasteiger partial charge in [-0.25, -0.2) is 4.39 Å². The molecule has 0 bridgehead atoms. The van der Waals surface area contributed by atoms with Crippen LogP contribution in [0.3, 0.4) is 0 Å². The largest absolute Gasteiger partial charge is 0.353 e. The number of benzene rings is 1. The lowest BCUT2D eigenvalue weighted by atomic mass is 10.0. The van der Waals surface area contributed by atoms with Crippen molar-refractivity contribution in [1.82, 2.24) is 10.6 Å². The van der Waals surface area contributed by atoms with E-state index >= 15 is 0 Å². The van der Waals surface area contributed by atoms with Gasteiger partial charge in [0, 0.05) is 18.5 Å². The normalized spacial score (nSPS) is 15.9. The van der Waals surface area contributed by atoms with E-state index in [2.05, 4.69) is 17.6 Å². The van der Waals surface area contributed by atoms with Crippen molar-refractivity contribution in [1.29, 1.82) is 0 Å². The average molecular weight is 278 g/mol. The number of rotatable bonds is 8. The smallest absolute Gasteiger partial charge is 0.220 e. The molecule has 3 nitrogen and oxygen atoms in total. The Hall–Kier alpha value is -1.42. The lowest BCUT2D eigenvalue weighted by Crippen LogP contribution is -2.27. The Balaban J connectivity index is 1.67. The molecule has 0 heterocycles. The van der Waals surface area contributed by atoms with Gasteiger partial charge in [-0.05, 0) is 49.9 Å². The fraction of sp³-hybridized carbons (Fsp3) is 0.562. The first kappa shape index (κ1) is 15.0. The minimum absolute atomic E-state index is 0.157. The zero-order chi connectivity index (χ0) is 14.4. The SMILES string of the molecule is CCC(NCCCC(=O)NC1CC1)c1ccc(F)cc1. The van der Waals surface area contributed by atoms with Crippen LogP contribution in [0.25, 0.3) is 0 Å². The van der Waals surface area contributed by atoms with E-state index in [1.54, 1.807) is 0 Å². The molecule has 1 aliphatic rings. The van der Waals surface area contributed by atoms with E-state index in [-0.39, 0.29) is 17.8 Å². The van der Waals surface area contributed by atoms with Crippen molar-refractivity contribution in [3.63, 3.8) is 0 Å². The van der Waals surface area contributed by atoms with Gasteiger partial charge in [0.05, 0.1) is 0 Å². The highest BCUT2D eigenvalue weighted by molar-refractivity contribution is 5.76. The van der Waals surface area contributed by atoms with Gasteiger partial charge in [0.15, 0.2) is 0 Å². The van der Waals surface area contributed by atoms with Crippen LogP contribution in [0.15, 0.2) is 24.3 Å². The van der Waals surface area contributed by atoms with Gasteiger partial charge in [0.25, 0.3) is 0 Å². The summed E-state index contributed by atoms with van der Waals surface area (Å²) in [5.74, 6) is -0.0514. The van der Waals surface area contributed by atoms with Gasteiger partial charge >= 0.3 is 0 Å². The average Bonchev–Trinajstić information content (AvgIpc) is 3.24. The third kappa shape index (κ3) is 4.93. The van der Waals surface area contributed by atoms with Crippen molar-refractivity contribution >= 4 is 5.91 Å². The molecule has 0 saturated heterocycles. The van der Waals surface area contributed by atoms with Crippen molar-refractivity contribution in [3.8, 4) is 0 Å². The van der Waals surface area contributed by atoms with E-state index in [1.165, 1.54) is 12.1 Å². The number of carbonyl (C=O) groups is 1. The van der Waals surface area contributed by atoms with Crippen LogP contribution in [-0.4, -0.2) is 18.5 Å². The second-order valence-corrected chi connectivity index (χ2v) is 5.41. The minimum atomic E-state index is -0.208. The summed E-state index contributed by atoms with van der Waals surface area (Å²) in [7, 11) is 0. The van der Waals surface area contributed by atoms with Crippen LogP contribution in [0.1, 0.15) is 50.6 Å². The summed E-state index contributed by atoms with van der Waals surface area (Å²) >= 11 is 0.